The average molecular weight is 454 g/mol. The van der Waals surface area contributed by atoms with Crippen LogP contribution < -0.4 is 10.3 Å². The summed E-state index contributed by atoms with van der Waals surface area (Å²) in [5.74, 6) is 1.16. The van der Waals surface area contributed by atoms with Crippen molar-refractivity contribution in [2.45, 2.75) is 72.3 Å². The lowest BCUT2D eigenvalue weighted by Crippen LogP contribution is -2.19. The van der Waals surface area contributed by atoms with Crippen LogP contribution in [0.2, 0.25) is 0 Å². The lowest BCUT2D eigenvalue weighted by atomic mass is 10.0. The molecule has 0 aliphatic carbocycles. The summed E-state index contributed by atoms with van der Waals surface area (Å²) in [6.07, 6.45) is 7.99. The van der Waals surface area contributed by atoms with Crippen LogP contribution in [0.5, 0.6) is 5.75 Å². The standard InChI is InChI=1S/C25H35N5O3/c1-5-8-9-10-14-20(18(4)29-33-7-3)30-17-26-22-24(30)27-23(28-25(22)31)19-13-11-12-15-21(19)32-16-6-2/h11-13,15,17,20H,5-10,14,16H2,1-4H3,(H,27,28,31). The van der Waals surface area contributed by atoms with E-state index >= 15 is 0 Å². The Morgan fingerprint density at radius 2 is 1.97 bits per heavy atom. The number of rotatable bonds is 13. The zero-order chi connectivity index (χ0) is 23.6. The number of hydrogen-bond acceptors (Lipinski definition) is 6. The molecule has 0 fully saturated rings. The molecule has 0 aliphatic heterocycles. The van der Waals surface area contributed by atoms with E-state index in [0.717, 1.165) is 37.0 Å². The van der Waals surface area contributed by atoms with Gasteiger partial charge in [0.2, 0.25) is 0 Å². The third-order valence-corrected chi connectivity index (χ3v) is 5.52. The molecule has 1 N–H and O–H groups in total. The molecule has 0 saturated heterocycles. The van der Waals surface area contributed by atoms with Crippen LogP contribution >= 0.6 is 0 Å². The molecule has 3 aromatic rings. The summed E-state index contributed by atoms with van der Waals surface area (Å²) < 4.78 is 7.84. The molecule has 33 heavy (non-hydrogen) atoms. The highest BCUT2D eigenvalue weighted by Crippen LogP contribution is 2.28. The summed E-state index contributed by atoms with van der Waals surface area (Å²) in [6, 6.07) is 7.52. The second-order valence-corrected chi connectivity index (χ2v) is 8.10. The molecule has 0 aliphatic rings. The van der Waals surface area contributed by atoms with Crippen molar-refractivity contribution in [3.63, 3.8) is 0 Å². The number of nitrogens with one attached hydrogen (secondary N) is 1. The van der Waals surface area contributed by atoms with Gasteiger partial charge in [-0.1, -0.05) is 56.8 Å². The number of H-pyrrole nitrogens is 1. The van der Waals surface area contributed by atoms with Crippen LogP contribution in [0.1, 0.15) is 72.3 Å². The number of nitrogens with zero attached hydrogens (tertiary/aromatic N) is 4. The quantitative estimate of drug-likeness (QED) is 0.209. The Kier molecular flexibility index (Phi) is 9.04. The number of aromatic nitrogens is 4. The van der Waals surface area contributed by atoms with Crippen molar-refractivity contribution in [2.75, 3.05) is 13.2 Å². The summed E-state index contributed by atoms with van der Waals surface area (Å²) in [6.45, 7) is 9.21. The summed E-state index contributed by atoms with van der Waals surface area (Å²) in [7, 11) is 0. The maximum absolute atomic E-state index is 12.9. The van der Waals surface area contributed by atoms with Gasteiger partial charge < -0.3 is 19.1 Å². The number of imidazole rings is 1. The van der Waals surface area contributed by atoms with Gasteiger partial charge in [0.1, 0.15) is 18.2 Å². The highest BCUT2D eigenvalue weighted by atomic mass is 16.6. The summed E-state index contributed by atoms with van der Waals surface area (Å²) >= 11 is 0. The first kappa shape index (κ1) is 24.5. The summed E-state index contributed by atoms with van der Waals surface area (Å²) in [5.41, 5.74) is 2.15. The van der Waals surface area contributed by atoms with E-state index in [-0.39, 0.29) is 11.6 Å². The molecule has 0 saturated carbocycles. The van der Waals surface area contributed by atoms with Crippen molar-refractivity contribution < 1.29 is 9.57 Å². The molecule has 2 heterocycles. The van der Waals surface area contributed by atoms with Gasteiger partial charge in [-0.15, -0.1) is 0 Å². The number of unbranched alkanes of at least 4 members (excludes halogenated alkanes) is 3. The molecule has 0 spiro atoms. The lowest BCUT2D eigenvalue weighted by molar-refractivity contribution is 0.156. The Morgan fingerprint density at radius 3 is 2.73 bits per heavy atom. The van der Waals surface area contributed by atoms with Gasteiger partial charge in [0.15, 0.2) is 11.2 Å². The molecule has 0 amide bonds. The molecular formula is C25H35N5O3. The van der Waals surface area contributed by atoms with Crippen LogP contribution in [-0.2, 0) is 4.84 Å². The summed E-state index contributed by atoms with van der Waals surface area (Å²) in [4.78, 5) is 30.3. The van der Waals surface area contributed by atoms with E-state index < -0.39 is 0 Å². The van der Waals surface area contributed by atoms with Crippen molar-refractivity contribution in [3.05, 3.63) is 40.9 Å². The van der Waals surface area contributed by atoms with E-state index in [4.69, 9.17) is 14.6 Å². The smallest absolute Gasteiger partial charge is 0.279 e. The maximum Gasteiger partial charge on any atom is 0.279 e. The molecule has 8 heteroatoms. The van der Waals surface area contributed by atoms with Crippen molar-refractivity contribution in [1.82, 2.24) is 19.5 Å². The Balaban J connectivity index is 2.06. The molecule has 1 atom stereocenters. The number of aromatic amines is 1. The SMILES string of the molecule is CCCCCCC(C(C)=NOCC)n1cnc2c(=O)[nH]c(-c3ccccc3OCCC)nc21. The molecule has 0 radical (unpaired) electrons. The molecule has 1 aromatic carbocycles. The van der Waals surface area contributed by atoms with Crippen LogP contribution in [0.15, 0.2) is 40.5 Å². The van der Waals surface area contributed by atoms with Crippen LogP contribution in [-0.4, -0.2) is 38.4 Å². The van der Waals surface area contributed by atoms with Crippen molar-refractivity contribution in [3.8, 4) is 17.1 Å². The third-order valence-electron chi connectivity index (χ3n) is 5.52. The van der Waals surface area contributed by atoms with Gasteiger partial charge in [0.25, 0.3) is 5.56 Å². The second-order valence-electron chi connectivity index (χ2n) is 8.10. The van der Waals surface area contributed by atoms with E-state index in [1.165, 1.54) is 12.8 Å². The largest absolute Gasteiger partial charge is 0.493 e. The zero-order valence-corrected chi connectivity index (χ0v) is 20.1. The monoisotopic (exact) mass is 453 g/mol. The predicted octanol–water partition coefficient (Wildman–Crippen LogP) is 5.50. The van der Waals surface area contributed by atoms with Gasteiger partial charge in [-0.3, -0.25) is 4.79 Å². The Morgan fingerprint density at radius 1 is 1.15 bits per heavy atom. The first-order valence-electron chi connectivity index (χ1n) is 12.0. The van der Waals surface area contributed by atoms with Gasteiger partial charge >= 0.3 is 0 Å². The van der Waals surface area contributed by atoms with Gasteiger partial charge in [-0.25, -0.2) is 9.97 Å². The molecular weight excluding hydrogens is 418 g/mol. The number of oxime groups is 1. The Hall–Kier alpha value is -3.16. The van der Waals surface area contributed by atoms with E-state index in [1.54, 1.807) is 6.33 Å². The first-order valence-corrected chi connectivity index (χ1v) is 12.0. The van der Waals surface area contributed by atoms with Crippen LogP contribution in [0, 0.1) is 0 Å². The first-order chi connectivity index (χ1) is 16.1. The van der Waals surface area contributed by atoms with Gasteiger partial charge in [-0.05, 0) is 38.8 Å². The fraction of sp³-hybridized carbons (Fsp3) is 0.520. The fourth-order valence-corrected chi connectivity index (χ4v) is 3.82. The van der Waals surface area contributed by atoms with Gasteiger partial charge in [0.05, 0.1) is 30.3 Å². The number of para-hydroxylation sites is 1. The zero-order valence-electron chi connectivity index (χ0n) is 20.1. The van der Waals surface area contributed by atoms with Crippen molar-refractivity contribution in [2.24, 2.45) is 5.16 Å². The molecule has 2 aromatic heterocycles. The van der Waals surface area contributed by atoms with E-state index in [9.17, 15) is 4.79 Å². The second kappa shape index (κ2) is 12.2. The number of ether oxygens (including phenoxy) is 1. The highest BCUT2D eigenvalue weighted by Gasteiger charge is 2.21. The van der Waals surface area contributed by atoms with E-state index in [0.29, 0.717) is 36.0 Å². The van der Waals surface area contributed by atoms with Crippen molar-refractivity contribution >= 4 is 16.9 Å². The molecule has 3 rings (SSSR count). The summed E-state index contributed by atoms with van der Waals surface area (Å²) in [5, 5.41) is 4.29. The number of benzene rings is 1. The average Bonchev–Trinajstić information content (AvgIpc) is 3.25. The topological polar surface area (TPSA) is 94.4 Å². The molecule has 8 nitrogen and oxygen atoms in total. The van der Waals surface area contributed by atoms with Crippen LogP contribution in [0.25, 0.3) is 22.6 Å². The maximum atomic E-state index is 12.9. The molecule has 0 bridgehead atoms. The Bertz CT molecular complexity index is 1120. The van der Waals surface area contributed by atoms with Crippen LogP contribution in [0.3, 0.4) is 0 Å². The molecule has 178 valence electrons. The lowest BCUT2D eigenvalue weighted by Gasteiger charge is -2.19. The fourth-order valence-electron chi connectivity index (χ4n) is 3.82. The minimum atomic E-state index is -0.275. The minimum absolute atomic E-state index is 0.0906. The van der Waals surface area contributed by atoms with E-state index in [1.807, 2.05) is 42.7 Å². The minimum Gasteiger partial charge on any atom is -0.493 e. The normalized spacial score (nSPS) is 12.8. The highest BCUT2D eigenvalue weighted by molar-refractivity contribution is 5.87. The van der Waals surface area contributed by atoms with Crippen molar-refractivity contribution in [1.29, 1.82) is 0 Å². The van der Waals surface area contributed by atoms with Crippen LogP contribution in [0.4, 0.5) is 0 Å². The number of fused-ring (bicyclic) bond motifs is 1. The van der Waals surface area contributed by atoms with Gasteiger partial charge in [-0.2, -0.15) is 0 Å². The third kappa shape index (κ3) is 6.00. The predicted molar refractivity (Wildman–Crippen MR) is 132 cm³/mol. The molecule has 1 unspecified atom stereocenters. The van der Waals surface area contributed by atoms with E-state index in [2.05, 4.69) is 29.0 Å². The number of hydrogen-bond donors (Lipinski definition) is 1. The Labute approximate surface area is 195 Å². The van der Waals surface area contributed by atoms with Gasteiger partial charge in [0, 0.05) is 0 Å².